The van der Waals surface area contributed by atoms with Crippen molar-refractivity contribution >= 4 is 11.9 Å². The molecule has 2 heterocycles. The number of cyclic esters (lactones) is 1. The van der Waals surface area contributed by atoms with Crippen LogP contribution in [0.5, 0.6) is 0 Å². The van der Waals surface area contributed by atoms with Crippen LogP contribution in [-0.2, 0) is 23.8 Å². The molecule has 1 saturated heterocycles. The first-order valence-corrected chi connectivity index (χ1v) is 19.5. The molecule has 3 N–H and O–H groups in total. The van der Waals surface area contributed by atoms with Gasteiger partial charge in [-0.05, 0) is 57.9 Å². The Morgan fingerprint density at radius 2 is 1.28 bits per heavy atom. The van der Waals surface area contributed by atoms with Crippen LogP contribution < -0.4 is 0 Å². The van der Waals surface area contributed by atoms with Gasteiger partial charge in [-0.1, -0.05) is 116 Å². The van der Waals surface area contributed by atoms with Crippen LogP contribution >= 0.6 is 0 Å². The van der Waals surface area contributed by atoms with E-state index in [4.69, 9.17) is 14.2 Å². The van der Waals surface area contributed by atoms with Crippen LogP contribution in [0.25, 0.3) is 0 Å². The average molecular weight is 667 g/mol. The normalized spacial score (nSPS) is 22.1. The minimum atomic E-state index is -0.551. The molecule has 1 fully saturated rings. The van der Waals surface area contributed by atoms with Crippen molar-refractivity contribution < 1.29 is 39.1 Å². The molecule has 7 atom stereocenters. The molecule has 0 aliphatic carbocycles. The van der Waals surface area contributed by atoms with Crippen molar-refractivity contribution in [3.63, 3.8) is 0 Å². The Labute approximate surface area is 286 Å². The summed E-state index contributed by atoms with van der Waals surface area (Å²) >= 11 is 0. The van der Waals surface area contributed by atoms with E-state index in [1.807, 2.05) is 13.0 Å². The number of aliphatic hydroxyl groups is 3. The standard InChI is InChI=1S/C39H70O8/c1-4-5-6-7-8-9-10-14-17-20-23-35(43)36-26-27-37(47-36)38(46-31(3)40)29-34(42)22-19-16-13-11-12-15-18-21-33(41)25-24-32-28-30(2)45-39(32)44/h28,30,33-38,41-43H,4-27,29H2,1-3H3/t30-,33+,34-,35-,36-,37-,38-/m1/s1. The summed E-state index contributed by atoms with van der Waals surface area (Å²) in [4.78, 5) is 23.5. The fraction of sp³-hybridized carbons (Fsp3) is 0.897. The van der Waals surface area contributed by atoms with Crippen molar-refractivity contribution in [2.45, 2.75) is 224 Å². The van der Waals surface area contributed by atoms with Crippen LogP contribution in [-0.4, -0.2) is 70.0 Å². The second-order valence-corrected chi connectivity index (χ2v) is 14.4. The fourth-order valence-electron chi connectivity index (χ4n) is 7.07. The predicted octanol–water partition coefficient (Wildman–Crippen LogP) is 8.41. The minimum Gasteiger partial charge on any atom is -0.460 e. The van der Waals surface area contributed by atoms with E-state index in [1.54, 1.807) is 0 Å². The second kappa shape index (κ2) is 25.5. The van der Waals surface area contributed by atoms with E-state index in [1.165, 1.54) is 58.3 Å². The molecule has 0 aromatic carbocycles. The maximum absolute atomic E-state index is 11.8. The molecule has 8 heteroatoms. The molecule has 274 valence electrons. The molecule has 0 unspecified atom stereocenters. The Kier molecular flexibility index (Phi) is 22.6. The maximum Gasteiger partial charge on any atom is 0.334 e. The smallest absolute Gasteiger partial charge is 0.334 e. The van der Waals surface area contributed by atoms with Gasteiger partial charge in [0.25, 0.3) is 0 Å². The van der Waals surface area contributed by atoms with E-state index in [-0.39, 0.29) is 36.4 Å². The number of hydrogen-bond acceptors (Lipinski definition) is 8. The number of aliphatic hydroxyl groups excluding tert-OH is 3. The fourth-order valence-corrected chi connectivity index (χ4v) is 7.07. The van der Waals surface area contributed by atoms with Gasteiger partial charge < -0.3 is 29.5 Å². The number of unbranched alkanes of at least 4 members (excludes halogenated alkanes) is 15. The maximum atomic E-state index is 11.8. The Bertz CT molecular complexity index is 860. The van der Waals surface area contributed by atoms with Crippen LogP contribution in [0.3, 0.4) is 0 Å². The lowest BCUT2D eigenvalue weighted by Crippen LogP contribution is -2.36. The monoisotopic (exact) mass is 667 g/mol. The van der Waals surface area contributed by atoms with Crippen molar-refractivity contribution in [2.75, 3.05) is 0 Å². The second-order valence-electron chi connectivity index (χ2n) is 14.4. The summed E-state index contributed by atoms with van der Waals surface area (Å²) in [6.45, 7) is 5.50. The third kappa shape index (κ3) is 19.3. The van der Waals surface area contributed by atoms with Crippen LogP contribution in [0.1, 0.15) is 181 Å². The van der Waals surface area contributed by atoms with Crippen LogP contribution in [0, 0.1) is 0 Å². The van der Waals surface area contributed by atoms with Crippen molar-refractivity contribution in [3.05, 3.63) is 11.6 Å². The van der Waals surface area contributed by atoms with Gasteiger partial charge in [0.2, 0.25) is 0 Å². The molecule has 0 radical (unpaired) electrons. The highest BCUT2D eigenvalue weighted by Crippen LogP contribution is 2.30. The molecule has 2 aliphatic rings. The van der Waals surface area contributed by atoms with Gasteiger partial charge in [0, 0.05) is 18.9 Å². The first-order chi connectivity index (χ1) is 22.7. The molecule has 8 nitrogen and oxygen atoms in total. The number of esters is 2. The largest absolute Gasteiger partial charge is 0.460 e. The zero-order chi connectivity index (χ0) is 34.3. The number of rotatable bonds is 29. The van der Waals surface area contributed by atoms with Gasteiger partial charge in [0.1, 0.15) is 12.2 Å². The Hall–Kier alpha value is -1.48. The predicted molar refractivity (Wildman–Crippen MR) is 187 cm³/mol. The molecule has 0 amide bonds. The molecule has 2 aliphatic heterocycles. The third-order valence-electron chi connectivity index (χ3n) is 9.92. The van der Waals surface area contributed by atoms with E-state index in [0.717, 1.165) is 83.5 Å². The highest BCUT2D eigenvalue weighted by Gasteiger charge is 2.37. The number of carbonyl (C=O) groups excluding carboxylic acids is 2. The summed E-state index contributed by atoms with van der Waals surface area (Å²) in [7, 11) is 0. The molecule has 0 saturated carbocycles. The first kappa shape index (κ1) is 41.7. The summed E-state index contributed by atoms with van der Waals surface area (Å²) in [6, 6.07) is 0. The minimum absolute atomic E-state index is 0.153. The molecule has 47 heavy (non-hydrogen) atoms. The van der Waals surface area contributed by atoms with Gasteiger partial charge >= 0.3 is 11.9 Å². The zero-order valence-electron chi connectivity index (χ0n) is 30.2. The first-order valence-electron chi connectivity index (χ1n) is 19.5. The van der Waals surface area contributed by atoms with Gasteiger partial charge in [-0.2, -0.15) is 0 Å². The lowest BCUT2D eigenvalue weighted by atomic mass is 9.98. The van der Waals surface area contributed by atoms with Gasteiger partial charge in [-0.15, -0.1) is 0 Å². The lowest BCUT2D eigenvalue weighted by molar-refractivity contribution is -0.159. The highest BCUT2D eigenvalue weighted by molar-refractivity contribution is 5.90. The summed E-state index contributed by atoms with van der Waals surface area (Å²) in [5.74, 6) is -0.610. The molecular weight excluding hydrogens is 596 g/mol. The van der Waals surface area contributed by atoms with Crippen LogP contribution in [0.2, 0.25) is 0 Å². The quantitative estimate of drug-likeness (QED) is 0.0537. The van der Waals surface area contributed by atoms with Crippen molar-refractivity contribution in [1.82, 2.24) is 0 Å². The van der Waals surface area contributed by atoms with E-state index in [0.29, 0.717) is 31.3 Å². The summed E-state index contributed by atoms with van der Waals surface area (Å²) in [5, 5.41) is 31.7. The van der Waals surface area contributed by atoms with Gasteiger partial charge in [0.05, 0.1) is 30.5 Å². The van der Waals surface area contributed by atoms with Crippen LogP contribution in [0.15, 0.2) is 11.6 Å². The Balaban J connectivity index is 1.50. The van der Waals surface area contributed by atoms with Crippen molar-refractivity contribution in [1.29, 1.82) is 0 Å². The SMILES string of the molecule is CCCCCCCCCCCC[C@@H](O)[C@H]1CC[C@H]([C@@H](C[C@H](O)CCCCCCCCC[C@H](O)CCC2=C[C@@H](C)OC2=O)OC(C)=O)O1. The highest BCUT2D eigenvalue weighted by atomic mass is 16.6. The average Bonchev–Trinajstić information content (AvgIpc) is 3.65. The number of hydrogen-bond donors (Lipinski definition) is 3. The van der Waals surface area contributed by atoms with E-state index in [2.05, 4.69) is 6.92 Å². The van der Waals surface area contributed by atoms with E-state index in [9.17, 15) is 24.9 Å². The summed E-state index contributed by atoms with van der Waals surface area (Å²) in [6.07, 6.45) is 24.6. The molecule has 0 spiro atoms. The van der Waals surface area contributed by atoms with E-state index < -0.39 is 18.3 Å². The molecule has 0 aromatic heterocycles. The van der Waals surface area contributed by atoms with Gasteiger partial charge in [-0.25, -0.2) is 4.79 Å². The molecule has 2 rings (SSSR count). The summed E-state index contributed by atoms with van der Waals surface area (Å²) in [5.41, 5.74) is 0.689. The van der Waals surface area contributed by atoms with Gasteiger partial charge in [-0.3, -0.25) is 4.79 Å². The molecular formula is C39H70O8. The van der Waals surface area contributed by atoms with Crippen molar-refractivity contribution in [2.24, 2.45) is 0 Å². The third-order valence-corrected chi connectivity index (χ3v) is 9.92. The summed E-state index contributed by atoms with van der Waals surface area (Å²) < 4.78 is 16.9. The van der Waals surface area contributed by atoms with Gasteiger partial charge in [0.15, 0.2) is 0 Å². The topological polar surface area (TPSA) is 123 Å². The number of ether oxygens (including phenoxy) is 3. The zero-order valence-corrected chi connectivity index (χ0v) is 30.2. The van der Waals surface area contributed by atoms with E-state index >= 15 is 0 Å². The lowest BCUT2D eigenvalue weighted by Gasteiger charge is -2.27. The Morgan fingerprint density at radius 1 is 0.766 bits per heavy atom. The molecule has 0 aromatic rings. The molecule has 0 bridgehead atoms. The van der Waals surface area contributed by atoms with Crippen LogP contribution in [0.4, 0.5) is 0 Å². The Morgan fingerprint density at radius 3 is 1.81 bits per heavy atom. The number of carbonyl (C=O) groups is 2. The van der Waals surface area contributed by atoms with Crippen molar-refractivity contribution in [3.8, 4) is 0 Å².